The van der Waals surface area contributed by atoms with Crippen LogP contribution in [0, 0.1) is 0 Å². The van der Waals surface area contributed by atoms with Crippen LogP contribution in [0.4, 0.5) is 0 Å². The fourth-order valence-electron chi connectivity index (χ4n) is 1.37. The van der Waals surface area contributed by atoms with Crippen LogP contribution >= 0.6 is 15.9 Å². The van der Waals surface area contributed by atoms with Gasteiger partial charge in [-0.05, 0) is 47.5 Å². The second kappa shape index (κ2) is 6.53. The Morgan fingerprint density at radius 2 is 1.81 bits per heavy atom. The van der Waals surface area contributed by atoms with Gasteiger partial charge in [0.15, 0.2) is 11.5 Å². The lowest BCUT2D eigenvalue weighted by Crippen LogP contribution is -2.00. The molecule has 0 fully saturated rings. The van der Waals surface area contributed by atoms with Gasteiger partial charge in [0.25, 0.3) is 0 Å². The van der Waals surface area contributed by atoms with E-state index in [1.165, 1.54) is 0 Å². The Labute approximate surface area is 104 Å². The van der Waals surface area contributed by atoms with Crippen molar-refractivity contribution >= 4 is 20.6 Å². The van der Waals surface area contributed by atoms with E-state index in [0.29, 0.717) is 25.4 Å². The summed E-state index contributed by atoms with van der Waals surface area (Å²) in [6, 6.07) is 5.54. The molecule has 0 spiro atoms. The first-order chi connectivity index (χ1) is 7.67. The Hall–Kier alpha value is -1.03. The fraction of sp³-hybridized carbons (Fsp3) is 0.417. The van der Waals surface area contributed by atoms with Gasteiger partial charge < -0.3 is 9.47 Å². The molecule has 1 rings (SSSR count). The molecule has 0 saturated heterocycles. The molecular weight excluding hydrogens is 272 g/mol. The molecule has 0 aliphatic carbocycles. The second-order valence-electron chi connectivity index (χ2n) is 3.18. The minimum absolute atomic E-state index is 0.0425. The summed E-state index contributed by atoms with van der Waals surface area (Å²) in [5.74, 6) is 1.41. The largest absolute Gasteiger partial charge is 0.490 e. The highest BCUT2D eigenvalue weighted by Crippen LogP contribution is 2.28. The molecule has 3 nitrogen and oxygen atoms in total. The predicted octanol–water partition coefficient (Wildman–Crippen LogP) is 2.95. The summed E-state index contributed by atoms with van der Waals surface area (Å²) in [7, 11) is 0. The Morgan fingerprint density at radius 1 is 1.19 bits per heavy atom. The monoisotopic (exact) mass is 286 g/mol. The molecule has 1 aromatic carbocycles. The van der Waals surface area contributed by atoms with Crippen LogP contribution < -0.4 is 9.47 Å². The molecule has 0 aliphatic heterocycles. The van der Waals surface area contributed by atoms with Gasteiger partial charge in [0, 0.05) is 6.42 Å². The maximum atomic E-state index is 10.9. The van der Waals surface area contributed by atoms with Gasteiger partial charge in [0.1, 0.15) is 0 Å². The van der Waals surface area contributed by atoms with Crippen LogP contribution in [0.5, 0.6) is 11.5 Å². The third-order valence-electron chi connectivity index (χ3n) is 1.95. The first-order valence-corrected chi connectivity index (χ1v) is 6.03. The van der Waals surface area contributed by atoms with E-state index in [9.17, 15) is 4.79 Å². The predicted molar refractivity (Wildman–Crippen MR) is 66.4 cm³/mol. The SMILES string of the molecule is CCOc1ccc(CC(=O)Br)cc1OCC. The van der Waals surface area contributed by atoms with E-state index in [1.807, 2.05) is 32.0 Å². The van der Waals surface area contributed by atoms with E-state index in [4.69, 9.17) is 9.47 Å². The van der Waals surface area contributed by atoms with Gasteiger partial charge in [-0.25, -0.2) is 0 Å². The van der Waals surface area contributed by atoms with Crippen LogP contribution in [-0.4, -0.2) is 17.9 Å². The number of carbonyl (C=O) groups is 1. The molecule has 0 heterocycles. The van der Waals surface area contributed by atoms with Crippen molar-refractivity contribution in [3.63, 3.8) is 0 Å². The number of ether oxygens (including phenoxy) is 2. The van der Waals surface area contributed by atoms with Gasteiger partial charge >= 0.3 is 0 Å². The zero-order valence-electron chi connectivity index (χ0n) is 9.46. The fourth-order valence-corrected chi connectivity index (χ4v) is 1.69. The topological polar surface area (TPSA) is 35.5 Å². The number of hydrogen-bond donors (Lipinski definition) is 0. The van der Waals surface area contributed by atoms with Crippen molar-refractivity contribution < 1.29 is 14.3 Å². The van der Waals surface area contributed by atoms with Crippen molar-refractivity contribution in [3.8, 4) is 11.5 Å². The highest BCUT2D eigenvalue weighted by Gasteiger charge is 2.07. The third kappa shape index (κ3) is 3.85. The second-order valence-corrected chi connectivity index (χ2v) is 4.06. The normalized spacial score (nSPS) is 9.94. The quantitative estimate of drug-likeness (QED) is 0.755. The molecule has 88 valence electrons. The maximum Gasteiger partial charge on any atom is 0.202 e. The molecule has 0 bridgehead atoms. The lowest BCUT2D eigenvalue weighted by Gasteiger charge is -2.11. The van der Waals surface area contributed by atoms with E-state index in [-0.39, 0.29) is 4.69 Å². The molecule has 0 unspecified atom stereocenters. The summed E-state index contributed by atoms with van der Waals surface area (Å²) in [5.41, 5.74) is 0.911. The lowest BCUT2D eigenvalue weighted by molar-refractivity contribution is -0.109. The smallest absolute Gasteiger partial charge is 0.202 e. The van der Waals surface area contributed by atoms with Gasteiger partial charge in [0.2, 0.25) is 4.69 Å². The molecule has 0 saturated carbocycles. The van der Waals surface area contributed by atoms with E-state index in [2.05, 4.69) is 15.9 Å². The van der Waals surface area contributed by atoms with Crippen molar-refractivity contribution in [2.24, 2.45) is 0 Å². The molecule has 0 amide bonds. The lowest BCUT2D eigenvalue weighted by atomic mass is 10.1. The molecule has 0 radical (unpaired) electrons. The number of benzene rings is 1. The molecule has 0 atom stereocenters. The molecule has 0 aliphatic rings. The van der Waals surface area contributed by atoms with Gasteiger partial charge in [-0.3, -0.25) is 4.79 Å². The summed E-state index contributed by atoms with van der Waals surface area (Å²) in [6.45, 7) is 5.01. The molecule has 0 aromatic heterocycles. The number of halogens is 1. The summed E-state index contributed by atoms with van der Waals surface area (Å²) < 4.78 is 10.8. The molecule has 0 N–H and O–H groups in total. The summed E-state index contributed by atoms with van der Waals surface area (Å²) in [6.07, 6.45) is 0.354. The Balaban J connectivity index is 2.92. The zero-order chi connectivity index (χ0) is 12.0. The first kappa shape index (κ1) is 13.0. The van der Waals surface area contributed by atoms with Gasteiger partial charge in [-0.15, -0.1) is 0 Å². The van der Waals surface area contributed by atoms with Crippen molar-refractivity contribution in [1.29, 1.82) is 0 Å². The Kier molecular flexibility index (Phi) is 5.32. The number of hydrogen-bond acceptors (Lipinski definition) is 3. The average Bonchev–Trinajstić information content (AvgIpc) is 2.21. The first-order valence-electron chi connectivity index (χ1n) is 5.24. The van der Waals surface area contributed by atoms with Gasteiger partial charge in [-0.2, -0.15) is 0 Å². The van der Waals surface area contributed by atoms with E-state index >= 15 is 0 Å². The summed E-state index contributed by atoms with van der Waals surface area (Å²) >= 11 is 2.91. The van der Waals surface area contributed by atoms with E-state index in [1.54, 1.807) is 0 Å². The van der Waals surface area contributed by atoms with Gasteiger partial charge in [0.05, 0.1) is 13.2 Å². The number of carbonyl (C=O) groups excluding carboxylic acids is 1. The molecule has 16 heavy (non-hydrogen) atoms. The summed E-state index contributed by atoms with van der Waals surface area (Å²) in [5, 5.41) is 0. The van der Waals surface area contributed by atoms with Crippen LogP contribution in [0.3, 0.4) is 0 Å². The van der Waals surface area contributed by atoms with E-state index in [0.717, 1.165) is 11.3 Å². The number of rotatable bonds is 6. The highest BCUT2D eigenvalue weighted by atomic mass is 79.9. The highest BCUT2D eigenvalue weighted by molar-refractivity contribution is 9.18. The maximum absolute atomic E-state index is 10.9. The van der Waals surface area contributed by atoms with E-state index < -0.39 is 0 Å². The van der Waals surface area contributed by atoms with Crippen LogP contribution in [0.1, 0.15) is 19.4 Å². The van der Waals surface area contributed by atoms with Crippen molar-refractivity contribution in [2.75, 3.05) is 13.2 Å². The minimum atomic E-state index is -0.0425. The van der Waals surface area contributed by atoms with Crippen molar-refractivity contribution in [1.82, 2.24) is 0 Å². The summed E-state index contributed by atoms with van der Waals surface area (Å²) in [4.78, 5) is 10.9. The van der Waals surface area contributed by atoms with Crippen molar-refractivity contribution in [2.45, 2.75) is 20.3 Å². The van der Waals surface area contributed by atoms with Crippen LogP contribution in [0.15, 0.2) is 18.2 Å². The Bertz CT molecular complexity index is 363. The molecular formula is C12H15BrO3. The third-order valence-corrected chi connectivity index (χ3v) is 2.23. The molecule has 1 aromatic rings. The van der Waals surface area contributed by atoms with Crippen molar-refractivity contribution in [3.05, 3.63) is 23.8 Å². The van der Waals surface area contributed by atoms with Gasteiger partial charge in [-0.1, -0.05) is 6.07 Å². The van der Waals surface area contributed by atoms with Crippen LogP contribution in [-0.2, 0) is 11.2 Å². The van der Waals surface area contributed by atoms with Crippen LogP contribution in [0.2, 0.25) is 0 Å². The minimum Gasteiger partial charge on any atom is -0.490 e. The average molecular weight is 287 g/mol. The Morgan fingerprint density at radius 3 is 2.38 bits per heavy atom. The van der Waals surface area contributed by atoms with Crippen LogP contribution in [0.25, 0.3) is 0 Å². The zero-order valence-corrected chi connectivity index (χ0v) is 11.0. The standard InChI is InChI=1S/C12H15BrO3/c1-3-15-10-6-5-9(8-12(13)14)7-11(10)16-4-2/h5-7H,3-4,8H2,1-2H3. The molecule has 4 heteroatoms.